The first kappa shape index (κ1) is 11.6. The first-order chi connectivity index (χ1) is 8.04. The number of nitriles is 1. The van der Waals surface area contributed by atoms with Gasteiger partial charge in [-0.1, -0.05) is 0 Å². The van der Waals surface area contributed by atoms with E-state index in [1.807, 2.05) is 6.07 Å². The molecule has 0 amide bonds. The summed E-state index contributed by atoms with van der Waals surface area (Å²) in [5, 5.41) is 28.0. The summed E-state index contributed by atoms with van der Waals surface area (Å²) in [5.41, 5.74) is -1.18. The fourth-order valence-corrected chi connectivity index (χ4v) is 2.14. The van der Waals surface area contributed by atoms with Crippen molar-refractivity contribution < 1.29 is 10.2 Å². The van der Waals surface area contributed by atoms with E-state index in [-0.39, 0.29) is 6.42 Å². The molecule has 3 N–H and O–H groups in total. The zero-order valence-corrected chi connectivity index (χ0v) is 8.78. The number of hydrogen-bond acceptors (Lipinski definition) is 5. The van der Waals surface area contributed by atoms with Crippen molar-refractivity contribution in [3.05, 3.63) is 33.1 Å². The van der Waals surface area contributed by atoms with Crippen LogP contribution < -0.4 is 11.2 Å². The third-order valence-corrected chi connectivity index (χ3v) is 3.02. The molecule has 4 atom stereocenters. The van der Waals surface area contributed by atoms with Crippen LogP contribution in [0.3, 0.4) is 0 Å². The molecule has 1 aromatic heterocycles. The Labute approximate surface area is 95.6 Å². The van der Waals surface area contributed by atoms with Crippen LogP contribution in [0.4, 0.5) is 0 Å². The summed E-state index contributed by atoms with van der Waals surface area (Å²) in [6, 6.07) is 2.40. The van der Waals surface area contributed by atoms with Crippen LogP contribution in [-0.4, -0.2) is 32.0 Å². The Balaban J connectivity index is 2.44. The molecule has 90 valence electrons. The molecule has 0 spiro atoms. The second-order valence-electron chi connectivity index (χ2n) is 4.03. The highest BCUT2D eigenvalue weighted by atomic mass is 16.3. The minimum absolute atomic E-state index is 0.103. The molecule has 1 heterocycles. The standard InChI is InChI=1S/C10H11N3O4/c11-4-5-6(3-7(14)9(5)16)13-2-1-8(15)12-10(13)17/h1-2,5-7,9,14,16H,3H2,(H,12,15,17)/t5-,6+,7-,9-/m0/s1. The fraction of sp³-hybridized carbons (Fsp3) is 0.500. The lowest BCUT2D eigenvalue weighted by Crippen LogP contribution is -2.34. The lowest BCUT2D eigenvalue weighted by atomic mass is 10.0. The van der Waals surface area contributed by atoms with E-state index in [1.165, 1.54) is 6.20 Å². The van der Waals surface area contributed by atoms with E-state index >= 15 is 0 Å². The molecule has 1 aliphatic rings. The molecule has 0 radical (unpaired) electrons. The van der Waals surface area contributed by atoms with Gasteiger partial charge in [-0.3, -0.25) is 14.3 Å². The monoisotopic (exact) mass is 237 g/mol. The smallest absolute Gasteiger partial charge is 0.328 e. The normalized spacial score (nSPS) is 32.3. The van der Waals surface area contributed by atoms with E-state index in [0.717, 1.165) is 10.6 Å². The molecule has 1 aromatic rings. The van der Waals surface area contributed by atoms with Gasteiger partial charge in [-0.05, 0) is 6.42 Å². The van der Waals surface area contributed by atoms with Gasteiger partial charge in [0, 0.05) is 12.3 Å². The summed E-state index contributed by atoms with van der Waals surface area (Å²) in [6.45, 7) is 0. The van der Waals surface area contributed by atoms with E-state index in [2.05, 4.69) is 4.98 Å². The Morgan fingerprint density at radius 1 is 1.47 bits per heavy atom. The van der Waals surface area contributed by atoms with Crippen molar-refractivity contribution in [2.24, 2.45) is 5.92 Å². The van der Waals surface area contributed by atoms with Crippen molar-refractivity contribution in [1.82, 2.24) is 9.55 Å². The maximum atomic E-state index is 11.5. The predicted molar refractivity (Wildman–Crippen MR) is 56.1 cm³/mol. The van der Waals surface area contributed by atoms with Gasteiger partial charge in [-0.25, -0.2) is 4.79 Å². The Kier molecular flexibility index (Phi) is 2.83. The maximum Gasteiger partial charge on any atom is 0.328 e. The van der Waals surface area contributed by atoms with Crippen LogP contribution in [0.1, 0.15) is 12.5 Å². The number of aliphatic hydroxyl groups is 2. The summed E-state index contributed by atoms with van der Waals surface area (Å²) >= 11 is 0. The van der Waals surface area contributed by atoms with Gasteiger partial charge in [-0.2, -0.15) is 5.26 Å². The largest absolute Gasteiger partial charge is 0.390 e. The average molecular weight is 237 g/mol. The van der Waals surface area contributed by atoms with Gasteiger partial charge in [0.15, 0.2) is 0 Å². The number of aromatic amines is 1. The van der Waals surface area contributed by atoms with Gasteiger partial charge < -0.3 is 10.2 Å². The highest BCUT2D eigenvalue weighted by Gasteiger charge is 2.43. The van der Waals surface area contributed by atoms with Crippen LogP contribution in [0.25, 0.3) is 0 Å². The van der Waals surface area contributed by atoms with Gasteiger partial charge in [-0.15, -0.1) is 0 Å². The predicted octanol–water partition coefficient (Wildman–Crippen LogP) is -1.66. The van der Waals surface area contributed by atoms with Crippen LogP contribution in [0.5, 0.6) is 0 Å². The minimum atomic E-state index is -1.18. The first-order valence-corrected chi connectivity index (χ1v) is 5.12. The number of nitrogens with zero attached hydrogens (tertiary/aromatic N) is 2. The van der Waals surface area contributed by atoms with E-state index in [0.29, 0.717) is 0 Å². The second-order valence-corrected chi connectivity index (χ2v) is 4.03. The van der Waals surface area contributed by atoms with Crippen molar-refractivity contribution in [3.63, 3.8) is 0 Å². The molecule has 17 heavy (non-hydrogen) atoms. The highest BCUT2D eigenvalue weighted by molar-refractivity contribution is 5.05. The number of aliphatic hydroxyl groups excluding tert-OH is 2. The first-order valence-electron chi connectivity index (χ1n) is 5.12. The summed E-state index contributed by atoms with van der Waals surface area (Å²) in [4.78, 5) is 24.5. The zero-order chi connectivity index (χ0) is 12.6. The van der Waals surface area contributed by atoms with Gasteiger partial charge >= 0.3 is 5.69 Å². The van der Waals surface area contributed by atoms with Crippen molar-refractivity contribution >= 4 is 0 Å². The minimum Gasteiger partial charge on any atom is -0.390 e. The molecule has 7 heteroatoms. The van der Waals surface area contributed by atoms with Crippen molar-refractivity contribution in [2.75, 3.05) is 0 Å². The third kappa shape index (κ3) is 1.88. The van der Waals surface area contributed by atoms with Crippen molar-refractivity contribution in [3.8, 4) is 6.07 Å². The van der Waals surface area contributed by atoms with E-state index < -0.39 is 35.4 Å². The van der Waals surface area contributed by atoms with E-state index in [1.54, 1.807) is 0 Å². The lowest BCUT2D eigenvalue weighted by Gasteiger charge is -2.16. The fourth-order valence-electron chi connectivity index (χ4n) is 2.14. The topological polar surface area (TPSA) is 119 Å². The third-order valence-electron chi connectivity index (χ3n) is 3.02. The van der Waals surface area contributed by atoms with E-state index in [4.69, 9.17) is 5.26 Å². The van der Waals surface area contributed by atoms with Crippen LogP contribution in [0, 0.1) is 17.2 Å². The molecule has 2 rings (SSSR count). The molecule has 0 bridgehead atoms. The summed E-state index contributed by atoms with van der Waals surface area (Å²) in [5.74, 6) is -0.867. The molecule has 1 saturated carbocycles. The van der Waals surface area contributed by atoms with Crippen LogP contribution in [0.15, 0.2) is 21.9 Å². The van der Waals surface area contributed by atoms with Crippen molar-refractivity contribution in [2.45, 2.75) is 24.7 Å². The van der Waals surface area contributed by atoms with Crippen molar-refractivity contribution in [1.29, 1.82) is 5.26 Å². The number of rotatable bonds is 1. The molecule has 0 aromatic carbocycles. The Hall–Kier alpha value is -1.91. The Morgan fingerprint density at radius 2 is 2.18 bits per heavy atom. The number of H-pyrrole nitrogens is 1. The molecule has 7 nitrogen and oxygen atoms in total. The van der Waals surface area contributed by atoms with Crippen LogP contribution in [0.2, 0.25) is 0 Å². The number of aromatic nitrogens is 2. The molecule has 0 saturated heterocycles. The summed E-state index contributed by atoms with van der Waals surface area (Å²) in [7, 11) is 0. The zero-order valence-electron chi connectivity index (χ0n) is 8.78. The van der Waals surface area contributed by atoms with Crippen LogP contribution >= 0.6 is 0 Å². The summed E-state index contributed by atoms with van der Waals surface area (Å²) in [6.07, 6.45) is -0.848. The molecule has 0 unspecified atom stereocenters. The second kappa shape index (κ2) is 4.16. The van der Waals surface area contributed by atoms with Crippen LogP contribution in [-0.2, 0) is 0 Å². The van der Waals surface area contributed by atoms with Gasteiger partial charge in [0.1, 0.15) is 0 Å². The molecular formula is C10H11N3O4. The Bertz CT molecular complexity index is 570. The van der Waals surface area contributed by atoms with Gasteiger partial charge in [0.05, 0.1) is 30.2 Å². The summed E-state index contributed by atoms with van der Waals surface area (Å²) < 4.78 is 1.16. The van der Waals surface area contributed by atoms with Gasteiger partial charge in [0.25, 0.3) is 5.56 Å². The molecular weight excluding hydrogens is 226 g/mol. The number of hydrogen-bond donors (Lipinski definition) is 3. The highest BCUT2D eigenvalue weighted by Crippen LogP contribution is 2.34. The average Bonchev–Trinajstić information content (AvgIpc) is 2.55. The Morgan fingerprint density at radius 3 is 2.76 bits per heavy atom. The molecule has 1 fully saturated rings. The quantitative estimate of drug-likeness (QED) is 0.540. The lowest BCUT2D eigenvalue weighted by molar-refractivity contribution is 0.0307. The SMILES string of the molecule is N#C[C@@H]1[C@H](O)[C@@H](O)C[C@H]1n1ccc(=O)[nH]c1=O. The molecule has 1 aliphatic carbocycles. The number of nitrogens with one attached hydrogen (secondary N) is 1. The molecule has 0 aliphatic heterocycles. The van der Waals surface area contributed by atoms with Gasteiger partial charge in [0.2, 0.25) is 0 Å². The van der Waals surface area contributed by atoms with E-state index in [9.17, 15) is 19.8 Å². The maximum absolute atomic E-state index is 11.5.